The van der Waals surface area contributed by atoms with Gasteiger partial charge in [0.25, 0.3) is 0 Å². The molecule has 8 nitrogen and oxygen atoms in total. The third-order valence-electron chi connectivity index (χ3n) is 15.3. The maximum absolute atomic E-state index is 5.48. The second-order valence-electron chi connectivity index (χ2n) is 19.4. The SMILES string of the molecule is c1ccc(-n2c3ccccc3c3ccccc32)c(-c2nc(-c3ccc(-n4c5ccccc5c5cc(-n6c7ccccc7c7ccccc76)ccc54)cc3)nc(-c3ccccc3-n3c4ccccc4c4ccncc43)n2)c1. The maximum atomic E-state index is 5.48. The van der Waals surface area contributed by atoms with Gasteiger partial charge in [-0.1, -0.05) is 133 Å². The molecule has 0 fully saturated rings. The van der Waals surface area contributed by atoms with Crippen molar-refractivity contribution in [3.63, 3.8) is 0 Å². The fourth-order valence-electron chi connectivity index (χ4n) is 12.1. The van der Waals surface area contributed by atoms with Crippen LogP contribution in [0.4, 0.5) is 0 Å². The number of fused-ring (bicyclic) bond motifs is 12. The van der Waals surface area contributed by atoms with Gasteiger partial charge in [0.05, 0.1) is 61.7 Å². The van der Waals surface area contributed by atoms with Gasteiger partial charge in [-0.3, -0.25) is 4.98 Å². The molecule has 0 saturated heterocycles. The van der Waals surface area contributed by atoms with E-state index in [1.54, 1.807) is 0 Å². The Balaban J connectivity index is 0.884. The number of para-hydroxylation sites is 8. The molecule has 0 aliphatic heterocycles. The van der Waals surface area contributed by atoms with Gasteiger partial charge in [0.2, 0.25) is 0 Å². The number of rotatable bonds is 7. The van der Waals surface area contributed by atoms with Crippen LogP contribution in [0.25, 0.3) is 144 Å². The quantitative estimate of drug-likeness (QED) is 0.160. The van der Waals surface area contributed by atoms with Gasteiger partial charge in [0.15, 0.2) is 17.5 Å². The Morgan fingerprint density at radius 1 is 0.250 bits per heavy atom. The minimum Gasteiger partial charge on any atom is -0.309 e. The van der Waals surface area contributed by atoms with Crippen molar-refractivity contribution in [2.24, 2.45) is 0 Å². The second-order valence-corrected chi connectivity index (χ2v) is 19.4. The highest BCUT2D eigenvalue weighted by Gasteiger charge is 2.23. The molecule has 0 atom stereocenters. The number of hydrogen-bond acceptors (Lipinski definition) is 4. The van der Waals surface area contributed by atoms with Crippen LogP contribution < -0.4 is 0 Å². The molecule has 10 aromatic carbocycles. The monoisotopic (exact) mass is 970 g/mol. The first kappa shape index (κ1) is 42.1. The van der Waals surface area contributed by atoms with Crippen molar-refractivity contribution in [2.75, 3.05) is 0 Å². The summed E-state index contributed by atoms with van der Waals surface area (Å²) in [6.07, 6.45) is 3.81. The molecule has 16 aromatic rings. The summed E-state index contributed by atoms with van der Waals surface area (Å²) < 4.78 is 9.39. The van der Waals surface area contributed by atoms with Gasteiger partial charge in [-0.15, -0.1) is 0 Å². The summed E-state index contributed by atoms with van der Waals surface area (Å²) in [6.45, 7) is 0. The summed E-state index contributed by atoms with van der Waals surface area (Å²) in [5.74, 6) is 1.70. The number of benzene rings is 10. The summed E-state index contributed by atoms with van der Waals surface area (Å²) >= 11 is 0. The van der Waals surface area contributed by atoms with Crippen LogP contribution in [0.3, 0.4) is 0 Å². The van der Waals surface area contributed by atoms with E-state index in [1.807, 2.05) is 12.4 Å². The molecule has 0 amide bonds. The largest absolute Gasteiger partial charge is 0.309 e. The molecule has 0 saturated carbocycles. The molecule has 6 heterocycles. The zero-order valence-corrected chi connectivity index (χ0v) is 40.8. The topological polar surface area (TPSA) is 71.3 Å². The summed E-state index contributed by atoms with van der Waals surface area (Å²) in [5.41, 5.74) is 15.7. The van der Waals surface area contributed by atoms with E-state index in [4.69, 9.17) is 15.0 Å². The van der Waals surface area contributed by atoms with Crippen molar-refractivity contribution in [1.29, 1.82) is 0 Å². The van der Waals surface area contributed by atoms with Gasteiger partial charge in [-0.25, -0.2) is 15.0 Å². The van der Waals surface area contributed by atoms with E-state index < -0.39 is 0 Å². The Labute approximate surface area is 435 Å². The van der Waals surface area contributed by atoms with Gasteiger partial charge in [0.1, 0.15) is 0 Å². The number of hydrogen-bond donors (Lipinski definition) is 0. The van der Waals surface area contributed by atoms with Crippen molar-refractivity contribution in [3.8, 4) is 56.9 Å². The molecule has 0 radical (unpaired) electrons. The Bertz CT molecular complexity index is 4680. The molecule has 8 heteroatoms. The van der Waals surface area contributed by atoms with Crippen molar-refractivity contribution >= 4 is 87.2 Å². The number of aromatic nitrogens is 8. The predicted molar refractivity (Wildman–Crippen MR) is 311 cm³/mol. The van der Waals surface area contributed by atoms with Gasteiger partial charge < -0.3 is 18.3 Å². The first-order valence-corrected chi connectivity index (χ1v) is 25.6. The van der Waals surface area contributed by atoms with Crippen LogP contribution in [0.15, 0.2) is 255 Å². The van der Waals surface area contributed by atoms with Gasteiger partial charge in [-0.05, 0) is 109 Å². The van der Waals surface area contributed by atoms with Crippen LogP contribution in [0, 0.1) is 0 Å². The first-order valence-electron chi connectivity index (χ1n) is 25.6. The Morgan fingerprint density at radius 3 is 1.11 bits per heavy atom. The summed E-state index contributed by atoms with van der Waals surface area (Å²) in [7, 11) is 0. The predicted octanol–water partition coefficient (Wildman–Crippen LogP) is 16.7. The van der Waals surface area contributed by atoms with E-state index >= 15 is 0 Å². The molecule has 0 aliphatic rings. The lowest BCUT2D eigenvalue weighted by molar-refractivity contribution is 1.06. The fourth-order valence-corrected chi connectivity index (χ4v) is 12.1. The molecular weight excluding hydrogens is 929 g/mol. The highest BCUT2D eigenvalue weighted by Crippen LogP contribution is 2.41. The fraction of sp³-hybridized carbons (Fsp3) is 0. The Hall–Kier alpha value is -10.4. The average molecular weight is 971 g/mol. The van der Waals surface area contributed by atoms with Gasteiger partial charge >= 0.3 is 0 Å². The third-order valence-corrected chi connectivity index (χ3v) is 15.3. The highest BCUT2D eigenvalue weighted by molar-refractivity contribution is 6.13. The van der Waals surface area contributed by atoms with Crippen molar-refractivity contribution < 1.29 is 0 Å². The standard InChI is InChI=1S/C68H42N8/c1-9-25-56-46(17-1)47-18-2-10-26-57(47)74(56)45-37-38-64-55(41-45)51-22-6-11-27-58(51)73(64)44-35-33-43(34-36-44)66-70-67(53-23-7-15-31-62(53)75-59-28-12-3-19-48(59)49-20-4-13-29-60(49)75)72-68(71-66)54-24-8-16-32-63(54)76-61-30-14-5-21-50(61)52-39-40-69-42-65(52)76/h1-42H. The lowest BCUT2D eigenvalue weighted by Crippen LogP contribution is -2.05. The smallest absolute Gasteiger partial charge is 0.166 e. The normalized spacial score (nSPS) is 11.9. The van der Waals surface area contributed by atoms with Crippen molar-refractivity contribution in [3.05, 3.63) is 255 Å². The molecule has 0 bridgehead atoms. The van der Waals surface area contributed by atoms with E-state index in [2.05, 4.69) is 266 Å². The van der Waals surface area contributed by atoms with E-state index in [0.717, 1.165) is 83.3 Å². The molecule has 6 aromatic heterocycles. The van der Waals surface area contributed by atoms with Crippen LogP contribution in [0.2, 0.25) is 0 Å². The van der Waals surface area contributed by atoms with E-state index in [-0.39, 0.29) is 0 Å². The van der Waals surface area contributed by atoms with E-state index in [1.165, 1.54) is 43.4 Å². The van der Waals surface area contributed by atoms with Gasteiger partial charge in [-0.2, -0.15) is 0 Å². The lowest BCUT2D eigenvalue weighted by Gasteiger charge is -2.16. The molecule has 76 heavy (non-hydrogen) atoms. The Morgan fingerprint density at radius 2 is 0.605 bits per heavy atom. The number of pyridine rings is 1. The molecule has 0 N–H and O–H groups in total. The zero-order valence-electron chi connectivity index (χ0n) is 40.8. The van der Waals surface area contributed by atoms with Crippen LogP contribution in [-0.4, -0.2) is 38.2 Å². The Kier molecular flexibility index (Phi) is 9.17. The van der Waals surface area contributed by atoms with Crippen molar-refractivity contribution in [1.82, 2.24) is 38.2 Å². The first-order chi connectivity index (χ1) is 37.7. The minimum atomic E-state index is 0.563. The van der Waals surface area contributed by atoms with E-state index in [9.17, 15) is 0 Å². The molecular formula is C68H42N8. The van der Waals surface area contributed by atoms with E-state index in [0.29, 0.717) is 17.5 Å². The molecule has 354 valence electrons. The highest BCUT2D eigenvalue weighted by atomic mass is 15.1. The maximum Gasteiger partial charge on any atom is 0.166 e. The molecule has 0 aliphatic carbocycles. The average Bonchev–Trinajstić information content (AvgIpc) is 4.24. The molecule has 0 unspecified atom stereocenters. The lowest BCUT2D eigenvalue weighted by atomic mass is 10.1. The molecule has 0 spiro atoms. The number of nitrogens with zero attached hydrogens (tertiary/aromatic N) is 8. The minimum absolute atomic E-state index is 0.563. The van der Waals surface area contributed by atoms with Crippen LogP contribution in [-0.2, 0) is 0 Å². The van der Waals surface area contributed by atoms with Crippen LogP contribution >= 0.6 is 0 Å². The molecule has 16 rings (SSSR count). The van der Waals surface area contributed by atoms with Crippen LogP contribution in [0.1, 0.15) is 0 Å². The van der Waals surface area contributed by atoms with Crippen LogP contribution in [0.5, 0.6) is 0 Å². The summed E-state index contributed by atoms with van der Waals surface area (Å²) in [5, 5.41) is 9.52. The third kappa shape index (κ3) is 6.25. The second kappa shape index (κ2) is 16.5. The zero-order chi connectivity index (χ0) is 49.8. The van der Waals surface area contributed by atoms with Gasteiger partial charge in [0, 0.05) is 77.4 Å². The summed E-state index contributed by atoms with van der Waals surface area (Å²) in [6, 6.07) is 86.3. The summed E-state index contributed by atoms with van der Waals surface area (Å²) in [4.78, 5) is 20.9. The van der Waals surface area contributed by atoms with Crippen molar-refractivity contribution in [2.45, 2.75) is 0 Å².